The molecule has 1 heterocycles. The van der Waals surface area contributed by atoms with E-state index in [1.54, 1.807) is 18.2 Å². The van der Waals surface area contributed by atoms with Gasteiger partial charge in [-0.05, 0) is 36.1 Å². The van der Waals surface area contributed by atoms with Crippen molar-refractivity contribution in [3.05, 3.63) is 63.6 Å². The highest BCUT2D eigenvalue weighted by Crippen LogP contribution is 2.38. The Balaban J connectivity index is 1.82. The molecule has 0 saturated carbocycles. The molecule has 0 aliphatic carbocycles. The molecule has 1 atom stereocenters. The minimum absolute atomic E-state index is 0.0139. The molecule has 0 aromatic heterocycles. The van der Waals surface area contributed by atoms with Crippen LogP contribution in [0.4, 0.5) is 19.3 Å². The number of carbonyl (C=O) groups is 1. The average Bonchev–Trinajstić information content (AvgIpc) is 2.53. The van der Waals surface area contributed by atoms with Crippen molar-refractivity contribution >= 4 is 45.9 Å². The van der Waals surface area contributed by atoms with Crippen LogP contribution >= 0.6 is 35.0 Å². The van der Waals surface area contributed by atoms with E-state index < -0.39 is 11.6 Å². The van der Waals surface area contributed by atoms with Gasteiger partial charge in [0.25, 0.3) is 5.24 Å². The van der Waals surface area contributed by atoms with Crippen molar-refractivity contribution in [1.82, 2.24) is 0 Å². The minimum Gasteiger partial charge on any atom is -0.300 e. The third-order valence-electron chi connectivity index (χ3n) is 3.83. The van der Waals surface area contributed by atoms with Gasteiger partial charge < -0.3 is 4.90 Å². The predicted molar refractivity (Wildman–Crippen MR) is 95.2 cm³/mol. The van der Waals surface area contributed by atoms with E-state index in [2.05, 4.69) is 0 Å². The highest BCUT2D eigenvalue weighted by Gasteiger charge is 2.30. The van der Waals surface area contributed by atoms with Crippen LogP contribution in [0.3, 0.4) is 0 Å². The first-order valence-corrected chi connectivity index (χ1v) is 9.02. The van der Waals surface area contributed by atoms with Crippen LogP contribution in [0.25, 0.3) is 0 Å². The van der Waals surface area contributed by atoms with E-state index in [-0.39, 0.29) is 11.2 Å². The van der Waals surface area contributed by atoms with Gasteiger partial charge in [0.05, 0.1) is 15.7 Å². The molecule has 7 heteroatoms. The smallest absolute Gasteiger partial charge is 0.286 e. The first-order valence-electron chi connectivity index (χ1n) is 7.28. The van der Waals surface area contributed by atoms with E-state index in [0.717, 1.165) is 17.8 Å². The van der Waals surface area contributed by atoms with Crippen LogP contribution in [0.15, 0.2) is 36.4 Å². The first kappa shape index (κ1) is 17.5. The van der Waals surface area contributed by atoms with Gasteiger partial charge in [-0.25, -0.2) is 8.78 Å². The van der Waals surface area contributed by atoms with Crippen molar-refractivity contribution in [2.24, 2.45) is 5.92 Å². The standard InChI is InChI=1S/C17H13Cl2F2NOS/c18-13-2-1-3-14(19)16(13)22-8-10(9-24-17(22)23)6-11-4-5-12(20)7-15(11)21/h1-5,7,10H,6,8-9H2. The van der Waals surface area contributed by atoms with Crippen LogP contribution in [0.5, 0.6) is 0 Å². The molecule has 1 saturated heterocycles. The van der Waals surface area contributed by atoms with Gasteiger partial charge in [0.1, 0.15) is 11.6 Å². The summed E-state index contributed by atoms with van der Waals surface area (Å²) in [5.41, 5.74) is 0.907. The summed E-state index contributed by atoms with van der Waals surface area (Å²) in [7, 11) is 0. The van der Waals surface area contributed by atoms with Gasteiger partial charge in [0, 0.05) is 18.4 Å². The number of halogens is 4. The highest BCUT2D eigenvalue weighted by molar-refractivity contribution is 8.14. The van der Waals surface area contributed by atoms with Crippen LogP contribution < -0.4 is 4.90 Å². The second-order valence-corrected chi connectivity index (χ2v) is 7.35. The zero-order valence-corrected chi connectivity index (χ0v) is 14.8. The summed E-state index contributed by atoms with van der Waals surface area (Å²) in [5.74, 6) is -0.595. The largest absolute Gasteiger partial charge is 0.300 e. The van der Waals surface area contributed by atoms with Crippen LogP contribution in [0, 0.1) is 17.6 Å². The number of anilines is 1. The second-order valence-electron chi connectivity index (χ2n) is 5.56. The van der Waals surface area contributed by atoms with Gasteiger partial charge in [0.2, 0.25) is 0 Å². The van der Waals surface area contributed by atoms with Crippen molar-refractivity contribution in [3.63, 3.8) is 0 Å². The molecule has 1 unspecified atom stereocenters. The zero-order valence-electron chi connectivity index (χ0n) is 12.4. The highest BCUT2D eigenvalue weighted by atomic mass is 35.5. The van der Waals surface area contributed by atoms with E-state index in [0.29, 0.717) is 40.0 Å². The summed E-state index contributed by atoms with van der Waals surface area (Å²) in [6.45, 7) is 0.381. The second kappa shape index (κ2) is 7.30. The zero-order chi connectivity index (χ0) is 17.3. The van der Waals surface area contributed by atoms with Crippen molar-refractivity contribution in [3.8, 4) is 0 Å². The lowest BCUT2D eigenvalue weighted by atomic mass is 9.99. The molecule has 0 N–H and O–H groups in total. The Morgan fingerprint density at radius 1 is 1.17 bits per heavy atom. The van der Waals surface area contributed by atoms with Gasteiger partial charge >= 0.3 is 0 Å². The quantitative estimate of drug-likeness (QED) is 0.662. The lowest BCUT2D eigenvalue weighted by Crippen LogP contribution is -2.39. The number of carbonyl (C=O) groups excluding carboxylic acids is 1. The van der Waals surface area contributed by atoms with Crippen LogP contribution in [0.2, 0.25) is 10.0 Å². The van der Waals surface area contributed by atoms with Gasteiger partial charge in [0.15, 0.2) is 0 Å². The molecular formula is C17H13Cl2F2NOS. The molecule has 1 fully saturated rings. The topological polar surface area (TPSA) is 20.3 Å². The number of nitrogens with zero attached hydrogens (tertiary/aromatic N) is 1. The third-order valence-corrected chi connectivity index (χ3v) is 5.55. The summed E-state index contributed by atoms with van der Waals surface area (Å²) in [4.78, 5) is 13.8. The van der Waals surface area contributed by atoms with E-state index in [1.165, 1.54) is 17.0 Å². The van der Waals surface area contributed by atoms with Crippen LogP contribution in [0.1, 0.15) is 5.56 Å². The van der Waals surface area contributed by atoms with Crippen LogP contribution in [-0.2, 0) is 6.42 Å². The number of hydrogen-bond donors (Lipinski definition) is 0. The monoisotopic (exact) mass is 387 g/mol. The third kappa shape index (κ3) is 3.68. The Hall–Kier alpha value is -1.30. The summed E-state index contributed by atoms with van der Waals surface area (Å²) < 4.78 is 26.9. The maximum absolute atomic E-state index is 13.9. The summed E-state index contributed by atoms with van der Waals surface area (Å²) in [6.07, 6.45) is 0.408. The molecule has 126 valence electrons. The Bertz CT molecular complexity index is 767. The van der Waals surface area contributed by atoms with Crippen LogP contribution in [-0.4, -0.2) is 17.5 Å². The Morgan fingerprint density at radius 2 is 1.88 bits per heavy atom. The number of hydrogen-bond acceptors (Lipinski definition) is 2. The Morgan fingerprint density at radius 3 is 2.54 bits per heavy atom. The number of benzene rings is 2. The Kier molecular flexibility index (Phi) is 5.33. The summed E-state index contributed by atoms with van der Waals surface area (Å²) >= 11 is 13.5. The molecule has 2 aromatic rings. The number of thioether (sulfide) groups is 1. The molecule has 0 radical (unpaired) electrons. The predicted octanol–water partition coefficient (Wildman–Crippen LogP) is 5.80. The molecular weight excluding hydrogens is 375 g/mol. The SMILES string of the molecule is O=C1SCC(Cc2ccc(F)cc2F)CN1c1c(Cl)cccc1Cl. The Labute approximate surface area is 152 Å². The first-order chi connectivity index (χ1) is 11.5. The van der Waals surface area contributed by atoms with E-state index in [4.69, 9.17) is 23.2 Å². The number of para-hydroxylation sites is 1. The van der Waals surface area contributed by atoms with E-state index in [9.17, 15) is 13.6 Å². The molecule has 1 amide bonds. The van der Waals surface area contributed by atoms with E-state index >= 15 is 0 Å². The maximum Gasteiger partial charge on any atom is 0.286 e. The van der Waals surface area contributed by atoms with Crippen molar-refractivity contribution in [2.75, 3.05) is 17.2 Å². The maximum atomic E-state index is 13.9. The number of amides is 1. The molecule has 24 heavy (non-hydrogen) atoms. The van der Waals surface area contributed by atoms with Crippen molar-refractivity contribution in [1.29, 1.82) is 0 Å². The molecule has 0 spiro atoms. The normalized spacial score (nSPS) is 18.1. The average molecular weight is 388 g/mol. The fourth-order valence-corrected chi connectivity index (χ4v) is 4.23. The molecule has 0 bridgehead atoms. The molecule has 3 rings (SSSR count). The van der Waals surface area contributed by atoms with Gasteiger partial charge in [-0.15, -0.1) is 0 Å². The van der Waals surface area contributed by atoms with Gasteiger partial charge in [-0.3, -0.25) is 4.79 Å². The van der Waals surface area contributed by atoms with E-state index in [1.807, 2.05) is 0 Å². The molecule has 2 nitrogen and oxygen atoms in total. The van der Waals surface area contributed by atoms with Gasteiger partial charge in [-0.1, -0.05) is 47.1 Å². The fraction of sp³-hybridized carbons (Fsp3) is 0.235. The lowest BCUT2D eigenvalue weighted by Gasteiger charge is -2.33. The number of rotatable bonds is 3. The lowest BCUT2D eigenvalue weighted by molar-refractivity contribution is 0.263. The van der Waals surface area contributed by atoms with Gasteiger partial charge in [-0.2, -0.15) is 0 Å². The van der Waals surface area contributed by atoms with Crippen molar-refractivity contribution < 1.29 is 13.6 Å². The molecule has 2 aromatic carbocycles. The summed E-state index contributed by atoms with van der Waals surface area (Å²) in [6, 6.07) is 8.61. The molecule has 1 aliphatic heterocycles. The molecule has 1 aliphatic rings. The summed E-state index contributed by atoms with van der Waals surface area (Å²) in [5, 5.41) is 0.649. The van der Waals surface area contributed by atoms with Crippen molar-refractivity contribution in [2.45, 2.75) is 6.42 Å². The fourth-order valence-electron chi connectivity index (χ4n) is 2.70. The minimum atomic E-state index is -0.603.